The van der Waals surface area contributed by atoms with Crippen LogP contribution in [0.15, 0.2) is 58.9 Å². The molecule has 24 heavy (non-hydrogen) atoms. The fourth-order valence-electron chi connectivity index (χ4n) is 1.93. The molecule has 2 aromatic rings. The lowest BCUT2D eigenvalue weighted by Crippen LogP contribution is -2.37. The molecule has 0 fully saturated rings. The molecule has 0 heterocycles. The van der Waals surface area contributed by atoms with Gasteiger partial charge in [0.15, 0.2) is 11.4 Å². The van der Waals surface area contributed by atoms with Crippen molar-refractivity contribution in [2.45, 2.75) is 19.4 Å². The molecule has 7 nitrogen and oxygen atoms in total. The number of aliphatic carboxylic acids is 1. The Morgan fingerprint density at radius 3 is 1.96 bits per heavy atom. The van der Waals surface area contributed by atoms with E-state index in [4.69, 9.17) is 15.7 Å². The monoisotopic (exact) mass is 327 g/mol. The quantitative estimate of drug-likeness (QED) is 0.366. The lowest BCUT2D eigenvalue weighted by atomic mass is 10.0. The van der Waals surface area contributed by atoms with E-state index in [1.165, 1.54) is 13.8 Å². The maximum absolute atomic E-state index is 12.4. The van der Waals surface area contributed by atoms with E-state index in [9.17, 15) is 9.59 Å². The van der Waals surface area contributed by atoms with Crippen LogP contribution in [0.25, 0.3) is 0 Å². The first-order valence-electron chi connectivity index (χ1n) is 7.11. The molecule has 0 saturated heterocycles. The highest BCUT2D eigenvalue weighted by Gasteiger charge is 2.29. The summed E-state index contributed by atoms with van der Waals surface area (Å²) >= 11 is 0. The van der Waals surface area contributed by atoms with Crippen LogP contribution in [0.2, 0.25) is 0 Å². The summed E-state index contributed by atoms with van der Waals surface area (Å²) in [6.45, 7) is 2.91. The standard InChI is InChI=1S/C17H17N3O4/c1-17(2,16(22)23)24-14-9-5-12(6-10-14)15(21)11-3-7-13(8-4-11)19-20-18/h3-10H,1-2H3,(H2,18,19)(H,22,23). The van der Waals surface area contributed by atoms with Gasteiger partial charge in [-0.05, 0) is 62.4 Å². The first kappa shape index (κ1) is 17.1. The number of benzene rings is 2. The third kappa shape index (κ3) is 3.95. The van der Waals surface area contributed by atoms with Crippen LogP contribution in [0.1, 0.15) is 29.8 Å². The Morgan fingerprint density at radius 1 is 1.00 bits per heavy atom. The molecule has 124 valence electrons. The number of nitrogens with zero attached hydrogens (tertiary/aromatic N) is 2. The molecule has 0 bridgehead atoms. The van der Waals surface area contributed by atoms with Crippen LogP contribution in [0.5, 0.6) is 5.75 Å². The van der Waals surface area contributed by atoms with Gasteiger partial charge in [-0.2, -0.15) is 0 Å². The van der Waals surface area contributed by atoms with Crippen molar-refractivity contribution in [2.75, 3.05) is 0 Å². The van der Waals surface area contributed by atoms with Crippen molar-refractivity contribution in [3.8, 4) is 5.75 Å². The van der Waals surface area contributed by atoms with Crippen LogP contribution in [0, 0.1) is 0 Å². The van der Waals surface area contributed by atoms with Crippen molar-refractivity contribution < 1.29 is 19.4 Å². The predicted molar refractivity (Wildman–Crippen MR) is 87.4 cm³/mol. The minimum atomic E-state index is -1.35. The highest BCUT2D eigenvalue weighted by Crippen LogP contribution is 2.21. The third-order valence-corrected chi connectivity index (χ3v) is 3.31. The van der Waals surface area contributed by atoms with Crippen LogP contribution in [0.4, 0.5) is 5.69 Å². The molecule has 3 N–H and O–H groups in total. The summed E-state index contributed by atoms with van der Waals surface area (Å²) in [6.07, 6.45) is 0. The first-order chi connectivity index (χ1) is 11.3. The Labute approximate surface area is 138 Å². The zero-order chi connectivity index (χ0) is 17.7. The SMILES string of the molecule is CC(C)(Oc1ccc(C(=O)c2ccc(N=NN)cc2)cc1)C(=O)O. The molecule has 0 unspecified atom stereocenters. The van der Waals surface area contributed by atoms with Gasteiger partial charge < -0.3 is 15.7 Å². The van der Waals surface area contributed by atoms with Gasteiger partial charge in [-0.25, -0.2) is 4.79 Å². The molecular weight excluding hydrogens is 310 g/mol. The van der Waals surface area contributed by atoms with Crippen molar-refractivity contribution in [2.24, 2.45) is 16.2 Å². The molecule has 0 saturated carbocycles. The van der Waals surface area contributed by atoms with Gasteiger partial charge in [0.05, 0.1) is 5.69 Å². The van der Waals surface area contributed by atoms with Crippen LogP contribution in [-0.2, 0) is 4.79 Å². The summed E-state index contributed by atoms with van der Waals surface area (Å²) in [4.78, 5) is 23.5. The second-order valence-electron chi connectivity index (χ2n) is 5.53. The van der Waals surface area contributed by atoms with Crippen LogP contribution < -0.4 is 10.6 Å². The molecule has 2 rings (SSSR count). The number of hydrogen-bond donors (Lipinski definition) is 2. The Balaban J connectivity index is 2.15. The molecule has 7 heteroatoms. The highest BCUT2D eigenvalue weighted by molar-refractivity contribution is 6.09. The van der Waals surface area contributed by atoms with Gasteiger partial charge in [0.2, 0.25) is 0 Å². The largest absolute Gasteiger partial charge is 0.478 e. The molecule has 0 spiro atoms. The molecule has 0 aliphatic carbocycles. The number of carboxylic acid groups (broad SMARTS) is 1. The fraction of sp³-hybridized carbons (Fsp3) is 0.176. The van der Waals surface area contributed by atoms with Gasteiger partial charge >= 0.3 is 5.97 Å². The zero-order valence-electron chi connectivity index (χ0n) is 13.3. The molecule has 2 aromatic carbocycles. The lowest BCUT2D eigenvalue weighted by molar-refractivity contribution is -0.152. The first-order valence-corrected chi connectivity index (χ1v) is 7.11. The van der Waals surface area contributed by atoms with Crippen molar-refractivity contribution in [3.05, 3.63) is 59.7 Å². The van der Waals surface area contributed by atoms with E-state index in [-0.39, 0.29) is 5.78 Å². The van der Waals surface area contributed by atoms with Gasteiger partial charge in [0, 0.05) is 11.1 Å². The van der Waals surface area contributed by atoms with E-state index >= 15 is 0 Å². The maximum atomic E-state index is 12.4. The second-order valence-corrected chi connectivity index (χ2v) is 5.53. The topological polar surface area (TPSA) is 114 Å². The summed E-state index contributed by atoms with van der Waals surface area (Å²) in [5, 5.41) is 15.9. The Morgan fingerprint density at radius 2 is 1.50 bits per heavy atom. The number of carbonyl (C=O) groups is 2. The smallest absolute Gasteiger partial charge is 0.347 e. The van der Waals surface area contributed by atoms with Crippen molar-refractivity contribution in [1.29, 1.82) is 0 Å². The molecule has 0 amide bonds. The van der Waals surface area contributed by atoms with Gasteiger partial charge in [0.25, 0.3) is 0 Å². The summed E-state index contributed by atoms with van der Waals surface area (Å²) in [5.41, 5.74) is 0.154. The Kier molecular flexibility index (Phi) is 4.93. The van der Waals surface area contributed by atoms with E-state index in [0.29, 0.717) is 22.6 Å². The number of rotatable bonds is 6. The molecule has 0 atom stereocenters. The maximum Gasteiger partial charge on any atom is 0.347 e. The van der Waals surface area contributed by atoms with E-state index in [0.717, 1.165) is 0 Å². The van der Waals surface area contributed by atoms with E-state index in [1.807, 2.05) is 0 Å². The minimum Gasteiger partial charge on any atom is -0.478 e. The summed E-state index contributed by atoms with van der Waals surface area (Å²) in [7, 11) is 0. The summed E-state index contributed by atoms with van der Waals surface area (Å²) in [6, 6.07) is 12.8. The minimum absolute atomic E-state index is 0.171. The summed E-state index contributed by atoms with van der Waals surface area (Å²) < 4.78 is 5.40. The Hall–Kier alpha value is -3.22. The van der Waals surface area contributed by atoms with Crippen molar-refractivity contribution in [3.63, 3.8) is 0 Å². The van der Waals surface area contributed by atoms with Gasteiger partial charge in [-0.1, -0.05) is 5.22 Å². The highest BCUT2D eigenvalue weighted by atomic mass is 16.5. The van der Waals surface area contributed by atoms with E-state index < -0.39 is 11.6 Å². The van der Waals surface area contributed by atoms with Crippen LogP contribution in [-0.4, -0.2) is 22.5 Å². The molecule has 0 aromatic heterocycles. The van der Waals surface area contributed by atoms with Gasteiger partial charge in [-0.15, -0.1) is 5.11 Å². The third-order valence-electron chi connectivity index (χ3n) is 3.31. The molecular formula is C17H17N3O4. The number of carbonyl (C=O) groups excluding carboxylic acids is 1. The molecule has 0 radical (unpaired) electrons. The number of nitrogens with two attached hydrogens (primary N) is 1. The van der Waals surface area contributed by atoms with E-state index in [1.54, 1.807) is 48.5 Å². The van der Waals surface area contributed by atoms with Crippen molar-refractivity contribution in [1.82, 2.24) is 0 Å². The number of ketones is 1. The summed E-state index contributed by atoms with van der Waals surface area (Å²) in [5.74, 6) is 4.10. The number of carboxylic acids is 1. The average molecular weight is 327 g/mol. The normalized spacial score (nSPS) is 11.4. The predicted octanol–water partition coefficient (Wildman–Crippen LogP) is 3.12. The van der Waals surface area contributed by atoms with Crippen molar-refractivity contribution >= 4 is 17.4 Å². The second kappa shape index (κ2) is 6.91. The average Bonchev–Trinajstić information content (AvgIpc) is 2.55. The number of hydrogen-bond acceptors (Lipinski definition) is 5. The fourth-order valence-corrected chi connectivity index (χ4v) is 1.93. The van der Waals surface area contributed by atoms with Gasteiger partial charge in [0.1, 0.15) is 5.75 Å². The lowest BCUT2D eigenvalue weighted by Gasteiger charge is -2.21. The van der Waals surface area contributed by atoms with E-state index in [2.05, 4.69) is 10.3 Å². The molecule has 0 aliphatic rings. The van der Waals surface area contributed by atoms with Gasteiger partial charge in [-0.3, -0.25) is 4.79 Å². The zero-order valence-corrected chi connectivity index (χ0v) is 13.3. The number of ether oxygens (including phenoxy) is 1. The Bertz CT molecular complexity index is 765. The van der Waals surface area contributed by atoms with Crippen LogP contribution >= 0.6 is 0 Å². The molecule has 0 aliphatic heterocycles. The van der Waals surface area contributed by atoms with Crippen LogP contribution in [0.3, 0.4) is 0 Å².